The van der Waals surface area contributed by atoms with Crippen LogP contribution >= 0.6 is 0 Å². The molecule has 1 saturated carbocycles. The van der Waals surface area contributed by atoms with Crippen molar-refractivity contribution >= 4 is 0 Å². The summed E-state index contributed by atoms with van der Waals surface area (Å²) in [4.78, 5) is 0. The lowest BCUT2D eigenvalue weighted by Gasteiger charge is -2.18. The van der Waals surface area contributed by atoms with Gasteiger partial charge in [-0.05, 0) is 5.92 Å². The van der Waals surface area contributed by atoms with Crippen molar-refractivity contribution in [2.75, 3.05) is 7.11 Å². The fourth-order valence-corrected chi connectivity index (χ4v) is 1.60. The molecule has 2 nitrogen and oxygen atoms in total. The normalized spacial score (nSPS) is 17.7. The summed E-state index contributed by atoms with van der Waals surface area (Å²) in [7, 11) is 1.00. The predicted octanol–water partition coefficient (Wildman–Crippen LogP) is 1.76. The highest BCUT2D eigenvalue weighted by molar-refractivity contribution is 4.63. The molecular formula is C9H22O2. The second-order valence-corrected chi connectivity index (χ2v) is 2.91. The smallest absolute Gasteiger partial charge is 0.0319 e. The van der Waals surface area contributed by atoms with Crippen molar-refractivity contribution in [3.8, 4) is 0 Å². The molecule has 0 aliphatic heterocycles. The summed E-state index contributed by atoms with van der Waals surface area (Å²) in [5.74, 6) is 1.09. The summed E-state index contributed by atoms with van der Waals surface area (Å²) in [5.41, 5.74) is 0. The molecule has 1 aliphatic carbocycles. The monoisotopic (exact) mass is 162 g/mol. The van der Waals surface area contributed by atoms with Crippen LogP contribution < -0.4 is 0 Å². The lowest BCUT2D eigenvalue weighted by atomic mass is 9.88. The Kier molecular flexibility index (Phi) is 12.2. The van der Waals surface area contributed by atoms with Crippen LogP contribution in [0.4, 0.5) is 0 Å². The third-order valence-corrected chi connectivity index (χ3v) is 2.30. The Balaban J connectivity index is 0. The van der Waals surface area contributed by atoms with E-state index in [0.717, 1.165) is 13.0 Å². The number of aliphatic hydroxyl groups excluding tert-OH is 1. The van der Waals surface area contributed by atoms with Gasteiger partial charge in [0.05, 0.1) is 0 Å². The van der Waals surface area contributed by atoms with Gasteiger partial charge in [-0.1, -0.05) is 45.4 Å². The van der Waals surface area contributed by atoms with Gasteiger partial charge in [0.2, 0.25) is 0 Å². The molecule has 0 bridgehead atoms. The minimum Gasteiger partial charge on any atom is -0.412 e. The van der Waals surface area contributed by atoms with E-state index in [4.69, 9.17) is 5.11 Å². The van der Waals surface area contributed by atoms with Crippen molar-refractivity contribution in [3.05, 3.63) is 0 Å². The quantitative estimate of drug-likeness (QED) is 0.627. The molecular weight excluding hydrogens is 140 g/mol. The Bertz CT molecular complexity index is 58.6. The second-order valence-electron chi connectivity index (χ2n) is 2.91. The van der Waals surface area contributed by atoms with E-state index in [1.807, 2.05) is 0 Å². The largest absolute Gasteiger partial charge is 0.412 e. The van der Waals surface area contributed by atoms with Gasteiger partial charge in [0.1, 0.15) is 0 Å². The van der Waals surface area contributed by atoms with Crippen LogP contribution in [-0.4, -0.2) is 17.7 Å². The Labute approximate surface area is 69.9 Å². The van der Waals surface area contributed by atoms with Crippen molar-refractivity contribution in [1.29, 1.82) is 0 Å². The van der Waals surface area contributed by atoms with Gasteiger partial charge in [-0.25, -0.2) is 0 Å². The minimum atomic E-state index is 0. The summed E-state index contributed by atoms with van der Waals surface area (Å²) >= 11 is 0. The molecule has 70 valence electrons. The maximum Gasteiger partial charge on any atom is 0.0319 e. The van der Waals surface area contributed by atoms with Crippen LogP contribution in [0.3, 0.4) is 0 Å². The molecule has 3 N–H and O–H groups in total. The summed E-state index contributed by atoms with van der Waals surface area (Å²) in [6.45, 7) is 2.32. The van der Waals surface area contributed by atoms with Crippen LogP contribution in [0.1, 0.15) is 45.4 Å². The molecule has 0 amide bonds. The molecule has 0 unspecified atom stereocenters. The van der Waals surface area contributed by atoms with Gasteiger partial charge >= 0.3 is 0 Å². The van der Waals surface area contributed by atoms with Gasteiger partial charge in [-0.3, -0.25) is 0 Å². The van der Waals surface area contributed by atoms with Gasteiger partial charge in [0.25, 0.3) is 0 Å². The van der Waals surface area contributed by atoms with E-state index >= 15 is 0 Å². The summed E-state index contributed by atoms with van der Waals surface area (Å²) in [6, 6.07) is 0. The average Bonchev–Trinajstić information content (AvgIpc) is 2.10. The highest BCUT2D eigenvalue weighted by Crippen LogP contribution is 2.25. The van der Waals surface area contributed by atoms with Crippen molar-refractivity contribution in [2.45, 2.75) is 45.4 Å². The molecule has 0 heterocycles. The fraction of sp³-hybridized carbons (Fsp3) is 1.00. The second kappa shape index (κ2) is 9.92. The molecule has 11 heavy (non-hydrogen) atoms. The molecule has 0 saturated heterocycles. The van der Waals surface area contributed by atoms with E-state index in [-0.39, 0.29) is 5.48 Å². The van der Waals surface area contributed by atoms with E-state index < -0.39 is 0 Å². The zero-order valence-corrected chi connectivity index (χ0v) is 7.77. The van der Waals surface area contributed by atoms with Crippen LogP contribution in [0.25, 0.3) is 0 Å². The van der Waals surface area contributed by atoms with E-state index in [0.29, 0.717) is 0 Å². The van der Waals surface area contributed by atoms with Crippen LogP contribution in [0, 0.1) is 5.92 Å². The van der Waals surface area contributed by atoms with Crippen LogP contribution in [-0.2, 0) is 0 Å². The maximum atomic E-state index is 7.00. The van der Waals surface area contributed by atoms with Gasteiger partial charge < -0.3 is 10.6 Å². The predicted molar refractivity (Wildman–Crippen MR) is 48.6 cm³/mol. The standard InChI is InChI=1S/C8H16.CH4O.H2O/c1-2-8-6-4-3-5-7-8;1-2;/h8H,2-7H2,1H3;2H,1H3;1H2. The average molecular weight is 162 g/mol. The van der Waals surface area contributed by atoms with Gasteiger partial charge in [0.15, 0.2) is 0 Å². The van der Waals surface area contributed by atoms with Crippen molar-refractivity contribution in [2.24, 2.45) is 5.92 Å². The zero-order valence-electron chi connectivity index (χ0n) is 7.77. The van der Waals surface area contributed by atoms with Crippen LogP contribution in [0.15, 0.2) is 0 Å². The molecule has 0 spiro atoms. The van der Waals surface area contributed by atoms with Crippen molar-refractivity contribution in [1.82, 2.24) is 0 Å². The number of hydrogen-bond donors (Lipinski definition) is 1. The topological polar surface area (TPSA) is 51.7 Å². The molecule has 2 heteroatoms. The lowest BCUT2D eigenvalue weighted by Crippen LogP contribution is -2.03. The van der Waals surface area contributed by atoms with Gasteiger partial charge in [0, 0.05) is 7.11 Å². The van der Waals surface area contributed by atoms with E-state index in [9.17, 15) is 0 Å². The molecule has 1 rings (SSSR count). The third-order valence-electron chi connectivity index (χ3n) is 2.30. The number of rotatable bonds is 1. The van der Waals surface area contributed by atoms with Gasteiger partial charge in [-0.2, -0.15) is 0 Å². The highest BCUT2D eigenvalue weighted by Gasteiger charge is 2.09. The van der Waals surface area contributed by atoms with Crippen LogP contribution in [0.5, 0.6) is 0 Å². The Morgan fingerprint density at radius 2 is 1.55 bits per heavy atom. The summed E-state index contributed by atoms with van der Waals surface area (Å²) in [5, 5.41) is 7.00. The van der Waals surface area contributed by atoms with E-state index in [1.54, 1.807) is 0 Å². The van der Waals surface area contributed by atoms with E-state index in [2.05, 4.69) is 6.92 Å². The van der Waals surface area contributed by atoms with Crippen molar-refractivity contribution < 1.29 is 10.6 Å². The third kappa shape index (κ3) is 6.32. The molecule has 0 aromatic carbocycles. The summed E-state index contributed by atoms with van der Waals surface area (Å²) < 4.78 is 0. The highest BCUT2D eigenvalue weighted by atomic mass is 16.2. The first kappa shape index (κ1) is 13.5. The molecule has 1 aliphatic rings. The molecule has 0 atom stereocenters. The first-order valence-electron chi connectivity index (χ1n) is 4.38. The molecule has 0 aromatic rings. The number of hydrogen-bond acceptors (Lipinski definition) is 1. The lowest BCUT2D eigenvalue weighted by molar-refractivity contribution is 0.349. The minimum absolute atomic E-state index is 0. The Hall–Kier alpha value is -0.0800. The fourth-order valence-electron chi connectivity index (χ4n) is 1.60. The Morgan fingerprint density at radius 1 is 1.09 bits per heavy atom. The van der Waals surface area contributed by atoms with Crippen LogP contribution in [0.2, 0.25) is 0 Å². The zero-order chi connectivity index (χ0) is 7.82. The first-order chi connectivity index (χ1) is 4.93. The Morgan fingerprint density at radius 3 is 1.82 bits per heavy atom. The SMILES string of the molecule is CCC1CCCCC1.CO.O. The summed E-state index contributed by atoms with van der Waals surface area (Å²) in [6.07, 6.45) is 8.93. The first-order valence-corrected chi connectivity index (χ1v) is 4.38. The molecule has 0 radical (unpaired) electrons. The van der Waals surface area contributed by atoms with Crippen molar-refractivity contribution in [3.63, 3.8) is 0 Å². The maximum absolute atomic E-state index is 7.00. The van der Waals surface area contributed by atoms with Gasteiger partial charge in [-0.15, -0.1) is 0 Å². The van der Waals surface area contributed by atoms with E-state index in [1.165, 1.54) is 38.5 Å². The molecule has 1 fully saturated rings. The molecule has 0 aromatic heterocycles. The number of aliphatic hydroxyl groups is 1.